The molecule has 0 aliphatic rings. The first-order chi connectivity index (χ1) is 11.0. The SMILES string of the molecule is CCC.CCCCCCCCCCCCCCCC[N+](C)(C)C.[Cl-]. The van der Waals surface area contributed by atoms with Gasteiger partial charge >= 0.3 is 0 Å². The summed E-state index contributed by atoms with van der Waals surface area (Å²) in [6, 6.07) is 0. The van der Waals surface area contributed by atoms with Gasteiger partial charge in [-0.15, -0.1) is 0 Å². The van der Waals surface area contributed by atoms with E-state index in [4.69, 9.17) is 0 Å². The molecule has 2 heteroatoms. The van der Waals surface area contributed by atoms with E-state index in [1.807, 2.05) is 0 Å². The summed E-state index contributed by atoms with van der Waals surface area (Å²) < 4.78 is 1.12. The molecule has 0 aliphatic heterocycles. The van der Waals surface area contributed by atoms with Crippen LogP contribution >= 0.6 is 0 Å². The van der Waals surface area contributed by atoms with Gasteiger partial charge in [-0.3, -0.25) is 0 Å². The third-order valence-electron chi connectivity index (χ3n) is 4.18. The van der Waals surface area contributed by atoms with Crippen molar-refractivity contribution < 1.29 is 16.9 Å². The molecular formula is C22H50ClN. The number of quaternary nitrogens is 1. The zero-order valence-corrected chi connectivity index (χ0v) is 18.9. The molecule has 0 radical (unpaired) electrons. The predicted molar refractivity (Wildman–Crippen MR) is 109 cm³/mol. The van der Waals surface area contributed by atoms with Crippen LogP contribution in [0.3, 0.4) is 0 Å². The van der Waals surface area contributed by atoms with Crippen LogP contribution in [0.15, 0.2) is 0 Å². The van der Waals surface area contributed by atoms with Crippen molar-refractivity contribution in [1.29, 1.82) is 0 Å². The Bertz CT molecular complexity index is 199. The van der Waals surface area contributed by atoms with Crippen molar-refractivity contribution in [3.05, 3.63) is 0 Å². The standard InChI is InChI=1S/C19H42N.C3H8.ClH/c1-5-6-7-8-9-10-11-12-13-14-15-16-17-18-19-20(2,3)4;1-3-2;/h5-19H2,1-4H3;3H2,1-2H3;1H/q+1;;/p-1. The van der Waals surface area contributed by atoms with Crippen LogP contribution < -0.4 is 12.4 Å². The highest BCUT2D eigenvalue weighted by Gasteiger charge is 2.04. The predicted octanol–water partition coefficient (Wildman–Crippen LogP) is 4.59. The largest absolute Gasteiger partial charge is 1.00 e. The highest BCUT2D eigenvalue weighted by atomic mass is 35.5. The molecule has 0 bridgehead atoms. The molecule has 0 unspecified atom stereocenters. The first-order valence-corrected chi connectivity index (χ1v) is 10.8. The van der Waals surface area contributed by atoms with Crippen molar-refractivity contribution in [3.63, 3.8) is 0 Å². The summed E-state index contributed by atoms with van der Waals surface area (Å²) in [5.74, 6) is 0. The Balaban J connectivity index is -0.00000102. The van der Waals surface area contributed by atoms with Gasteiger partial charge in [0.15, 0.2) is 0 Å². The fourth-order valence-electron chi connectivity index (χ4n) is 2.78. The minimum atomic E-state index is 0. The molecule has 0 fully saturated rings. The average Bonchev–Trinajstić information content (AvgIpc) is 2.47. The Morgan fingerprint density at radius 2 is 0.708 bits per heavy atom. The summed E-state index contributed by atoms with van der Waals surface area (Å²) in [4.78, 5) is 0. The van der Waals surface area contributed by atoms with E-state index in [1.54, 1.807) is 0 Å². The van der Waals surface area contributed by atoms with Crippen molar-refractivity contribution in [1.82, 2.24) is 0 Å². The Morgan fingerprint density at radius 3 is 0.958 bits per heavy atom. The molecule has 0 aromatic heterocycles. The minimum Gasteiger partial charge on any atom is -1.00 e. The van der Waals surface area contributed by atoms with Crippen LogP contribution in [0.4, 0.5) is 0 Å². The van der Waals surface area contributed by atoms with Crippen molar-refractivity contribution in [3.8, 4) is 0 Å². The van der Waals surface area contributed by atoms with Gasteiger partial charge < -0.3 is 16.9 Å². The van der Waals surface area contributed by atoms with Crippen molar-refractivity contribution in [2.45, 2.75) is 117 Å². The van der Waals surface area contributed by atoms with E-state index < -0.39 is 0 Å². The fraction of sp³-hybridized carbons (Fsp3) is 1.00. The molecule has 0 aliphatic carbocycles. The van der Waals surface area contributed by atoms with Gasteiger partial charge in [0.05, 0.1) is 27.7 Å². The highest BCUT2D eigenvalue weighted by molar-refractivity contribution is 4.49. The van der Waals surface area contributed by atoms with Crippen molar-refractivity contribution >= 4 is 0 Å². The van der Waals surface area contributed by atoms with E-state index in [0.29, 0.717) is 0 Å². The number of unbranched alkanes of at least 4 members (excludes halogenated alkanes) is 13. The molecule has 0 amide bonds. The van der Waals surface area contributed by atoms with Crippen LogP contribution in [0, 0.1) is 0 Å². The normalized spacial score (nSPS) is 10.8. The third kappa shape index (κ3) is 33.8. The van der Waals surface area contributed by atoms with Crippen LogP contribution in [-0.4, -0.2) is 32.2 Å². The molecule has 0 spiro atoms. The number of hydrogen-bond acceptors (Lipinski definition) is 0. The number of nitrogens with zero attached hydrogens (tertiary/aromatic N) is 1. The monoisotopic (exact) mass is 363 g/mol. The molecule has 0 N–H and O–H groups in total. The molecule has 1 nitrogen and oxygen atoms in total. The van der Waals surface area contributed by atoms with Gasteiger partial charge in [-0.25, -0.2) is 0 Å². The lowest BCUT2D eigenvalue weighted by Crippen LogP contribution is -3.00. The maximum atomic E-state index is 2.29. The van der Waals surface area contributed by atoms with Gasteiger partial charge in [0, 0.05) is 0 Å². The summed E-state index contributed by atoms with van der Waals surface area (Å²) in [7, 11) is 6.88. The maximum Gasteiger partial charge on any atom is 0.0780 e. The lowest BCUT2D eigenvalue weighted by molar-refractivity contribution is -0.870. The van der Waals surface area contributed by atoms with Crippen molar-refractivity contribution in [2.24, 2.45) is 0 Å². The molecule has 0 aromatic rings. The summed E-state index contributed by atoms with van der Waals surface area (Å²) in [6.07, 6.45) is 21.6. The van der Waals surface area contributed by atoms with Crippen LogP contribution in [0.25, 0.3) is 0 Å². The average molecular weight is 364 g/mol. The van der Waals surface area contributed by atoms with E-state index in [-0.39, 0.29) is 12.4 Å². The van der Waals surface area contributed by atoms with Crippen LogP contribution in [0.2, 0.25) is 0 Å². The van der Waals surface area contributed by atoms with Gasteiger partial charge in [-0.2, -0.15) is 0 Å². The molecular weight excluding hydrogens is 314 g/mol. The lowest BCUT2D eigenvalue weighted by Gasteiger charge is -2.23. The van der Waals surface area contributed by atoms with Gasteiger partial charge in [0.2, 0.25) is 0 Å². The maximum absolute atomic E-state index is 2.29. The molecule has 0 heterocycles. The second kappa shape index (κ2) is 23.2. The Kier molecular flexibility index (Phi) is 28.1. The Hall–Kier alpha value is 0.250. The lowest BCUT2D eigenvalue weighted by atomic mass is 10.0. The molecule has 0 saturated heterocycles. The van der Waals surface area contributed by atoms with E-state index >= 15 is 0 Å². The first-order valence-electron chi connectivity index (χ1n) is 10.8. The summed E-state index contributed by atoms with van der Waals surface area (Å²) in [5, 5.41) is 0. The third-order valence-corrected chi connectivity index (χ3v) is 4.18. The summed E-state index contributed by atoms with van der Waals surface area (Å²) in [6.45, 7) is 7.88. The number of halogens is 1. The quantitative estimate of drug-likeness (QED) is 0.295. The summed E-state index contributed by atoms with van der Waals surface area (Å²) in [5.41, 5.74) is 0. The molecule has 0 atom stereocenters. The van der Waals surface area contributed by atoms with E-state index in [0.717, 1.165) is 4.48 Å². The minimum absolute atomic E-state index is 0. The molecule has 150 valence electrons. The summed E-state index contributed by atoms with van der Waals surface area (Å²) >= 11 is 0. The topological polar surface area (TPSA) is 0 Å². The van der Waals surface area contributed by atoms with E-state index in [1.165, 1.54) is 103 Å². The Morgan fingerprint density at radius 1 is 0.458 bits per heavy atom. The first kappa shape index (κ1) is 29.0. The highest BCUT2D eigenvalue weighted by Crippen LogP contribution is 2.13. The van der Waals surface area contributed by atoms with Crippen LogP contribution in [-0.2, 0) is 0 Å². The zero-order valence-electron chi connectivity index (χ0n) is 18.1. The van der Waals surface area contributed by atoms with Crippen LogP contribution in [0.5, 0.6) is 0 Å². The van der Waals surface area contributed by atoms with E-state index in [2.05, 4.69) is 41.9 Å². The fourth-order valence-corrected chi connectivity index (χ4v) is 2.78. The molecule has 0 rings (SSSR count). The van der Waals surface area contributed by atoms with Gasteiger partial charge in [-0.05, 0) is 12.8 Å². The van der Waals surface area contributed by atoms with Gasteiger partial charge in [-0.1, -0.05) is 104 Å². The molecule has 0 aromatic carbocycles. The zero-order chi connectivity index (χ0) is 17.8. The second-order valence-electron chi connectivity index (χ2n) is 8.32. The number of rotatable bonds is 15. The van der Waals surface area contributed by atoms with Gasteiger partial charge in [0.25, 0.3) is 0 Å². The molecule has 24 heavy (non-hydrogen) atoms. The smallest absolute Gasteiger partial charge is 0.0780 e. The van der Waals surface area contributed by atoms with Gasteiger partial charge in [0.1, 0.15) is 0 Å². The van der Waals surface area contributed by atoms with E-state index in [9.17, 15) is 0 Å². The molecule has 0 saturated carbocycles. The van der Waals surface area contributed by atoms with Crippen molar-refractivity contribution in [2.75, 3.05) is 27.7 Å². The van der Waals surface area contributed by atoms with Crippen LogP contribution in [0.1, 0.15) is 117 Å². The number of hydrogen-bond donors (Lipinski definition) is 0. The second-order valence-corrected chi connectivity index (χ2v) is 8.32. The Labute approximate surface area is 162 Å².